The van der Waals surface area contributed by atoms with Crippen LogP contribution in [0.1, 0.15) is 81.6 Å². The zero-order chi connectivity index (χ0) is 16.1. The molecule has 0 spiro atoms. The van der Waals surface area contributed by atoms with Crippen LogP contribution in [0.2, 0.25) is 0 Å². The third-order valence-electron chi connectivity index (χ3n) is 2.07. The summed E-state index contributed by atoms with van der Waals surface area (Å²) in [7, 11) is 0. The molecule has 1 N–H and O–H groups in total. The summed E-state index contributed by atoms with van der Waals surface area (Å²) < 4.78 is 4.73. The fourth-order valence-corrected chi connectivity index (χ4v) is 0.209. The van der Waals surface area contributed by atoms with E-state index in [1.807, 2.05) is 6.92 Å². The molecular weight excluding hydrogens is 236 g/mol. The molecule has 0 aromatic heterocycles. The maximum absolute atomic E-state index is 8.07. The van der Waals surface area contributed by atoms with Crippen LogP contribution < -0.4 is 0 Å². The third kappa shape index (κ3) is 94.8. The normalized spacial score (nSPS) is 8.84. The Hall–Kier alpha value is -0.0800. The van der Waals surface area contributed by atoms with Crippen molar-refractivity contribution in [2.45, 2.75) is 81.6 Å². The van der Waals surface area contributed by atoms with Crippen molar-refractivity contribution in [3.8, 4) is 0 Å². The summed E-state index contributed by atoms with van der Waals surface area (Å²) >= 11 is 0. The number of hydrogen-bond acceptors (Lipinski definition) is 2. The quantitative estimate of drug-likeness (QED) is 0.669. The molecule has 122 valence electrons. The molecule has 0 fully saturated rings. The van der Waals surface area contributed by atoms with E-state index in [0.29, 0.717) is 13.2 Å². The molecule has 0 unspecified atom stereocenters. The molecule has 0 aromatic carbocycles. The van der Waals surface area contributed by atoms with Crippen LogP contribution in [-0.2, 0) is 4.74 Å². The van der Waals surface area contributed by atoms with Gasteiger partial charge < -0.3 is 9.84 Å². The second-order valence-electron chi connectivity index (χ2n) is 5.23. The summed E-state index contributed by atoms with van der Waals surface area (Å²) in [5, 5.41) is 8.07. The molecule has 0 rings (SSSR count). The van der Waals surface area contributed by atoms with Crippen molar-refractivity contribution in [3.05, 3.63) is 0 Å². The van der Waals surface area contributed by atoms with Crippen LogP contribution >= 0.6 is 0 Å². The van der Waals surface area contributed by atoms with E-state index >= 15 is 0 Å². The second-order valence-corrected chi connectivity index (χ2v) is 5.23. The fourth-order valence-electron chi connectivity index (χ4n) is 0.209. The molecule has 0 aromatic rings. The molecule has 19 heavy (non-hydrogen) atoms. The molecular formula is C17H42O2. The molecule has 0 radical (unpaired) electrons. The van der Waals surface area contributed by atoms with Crippen LogP contribution in [0.3, 0.4) is 0 Å². The van der Waals surface area contributed by atoms with Crippen molar-refractivity contribution < 1.29 is 9.84 Å². The van der Waals surface area contributed by atoms with Crippen LogP contribution in [0.25, 0.3) is 0 Å². The van der Waals surface area contributed by atoms with Gasteiger partial charge in [-0.2, -0.15) is 0 Å². The van der Waals surface area contributed by atoms with Crippen molar-refractivity contribution >= 4 is 0 Å². The van der Waals surface area contributed by atoms with E-state index in [1.54, 1.807) is 0 Å². The highest BCUT2D eigenvalue weighted by Crippen LogP contribution is 1.94. The van der Waals surface area contributed by atoms with Gasteiger partial charge in [0.15, 0.2) is 0 Å². The number of aliphatic hydroxyl groups excluding tert-OH is 1. The monoisotopic (exact) mass is 278 g/mol. The van der Waals surface area contributed by atoms with E-state index in [1.165, 1.54) is 19.3 Å². The van der Waals surface area contributed by atoms with E-state index < -0.39 is 0 Å². The van der Waals surface area contributed by atoms with Crippen molar-refractivity contribution in [1.29, 1.82) is 0 Å². The Kier molecular flexibility index (Phi) is 44.1. The number of hydrogen-bond donors (Lipinski definition) is 1. The molecule has 0 saturated heterocycles. The maximum Gasteiger partial charge on any atom is 0.0697 e. The molecule has 0 amide bonds. The van der Waals surface area contributed by atoms with Gasteiger partial charge in [-0.05, 0) is 18.8 Å². The first-order valence-corrected chi connectivity index (χ1v) is 8.06. The first kappa shape index (κ1) is 27.3. The predicted octanol–water partition coefficient (Wildman–Crippen LogP) is 5.54. The summed E-state index contributed by atoms with van der Waals surface area (Å²) in [6.45, 7) is 20.7. The van der Waals surface area contributed by atoms with Crippen molar-refractivity contribution in [2.24, 2.45) is 11.8 Å². The predicted molar refractivity (Wildman–Crippen MR) is 89.8 cm³/mol. The molecule has 2 heteroatoms. The molecule has 0 aliphatic rings. The molecule has 0 saturated carbocycles. The van der Waals surface area contributed by atoms with Gasteiger partial charge in [0.2, 0.25) is 0 Å². The van der Waals surface area contributed by atoms with Crippen molar-refractivity contribution in [3.63, 3.8) is 0 Å². The summed E-state index contributed by atoms with van der Waals surface area (Å²) in [5.41, 5.74) is 0. The Labute approximate surface area is 124 Å². The SMILES string of the molecule is CCC.CCC(C)C.CCC(C)C.CCOCCO. The first-order chi connectivity index (χ1) is 8.87. The summed E-state index contributed by atoms with van der Waals surface area (Å²) in [5.74, 6) is 1.77. The van der Waals surface area contributed by atoms with Gasteiger partial charge in [-0.15, -0.1) is 0 Å². The largest absolute Gasteiger partial charge is 0.394 e. The van der Waals surface area contributed by atoms with Crippen LogP contribution in [0.4, 0.5) is 0 Å². The van der Waals surface area contributed by atoms with Gasteiger partial charge >= 0.3 is 0 Å². The minimum atomic E-state index is 0.133. The van der Waals surface area contributed by atoms with E-state index in [9.17, 15) is 0 Å². The van der Waals surface area contributed by atoms with Gasteiger partial charge in [0.05, 0.1) is 13.2 Å². The van der Waals surface area contributed by atoms with Gasteiger partial charge in [-0.1, -0.05) is 74.7 Å². The molecule has 0 bridgehead atoms. The summed E-state index contributed by atoms with van der Waals surface area (Å²) in [4.78, 5) is 0. The average Bonchev–Trinajstić information content (AvgIpc) is 2.38. The third-order valence-corrected chi connectivity index (χ3v) is 2.07. The lowest BCUT2D eigenvalue weighted by Crippen LogP contribution is -1.96. The molecule has 2 nitrogen and oxygen atoms in total. The van der Waals surface area contributed by atoms with Crippen molar-refractivity contribution in [1.82, 2.24) is 0 Å². The summed E-state index contributed by atoms with van der Waals surface area (Å²) in [6, 6.07) is 0. The molecule has 0 aliphatic carbocycles. The van der Waals surface area contributed by atoms with Gasteiger partial charge in [0, 0.05) is 6.61 Å². The summed E-state index contributed by atoms with van der Waals surface area (Å²) in [6.07, 6.45) is 3.86. The van der Waals surface area contributed by atoms with E-state index in [-0.39, 0.29) is 6.61 Å². The van der Waals surface area contributed by atoms with Crippen LogP contribution in [0.15, 0.2) is 0 Å². The van der Waals surface area contributed by atoms with Gasteiger partial charge in [-0.3, -0.25) is 0 Å². The minimum Gasteiger partial charge on any atom is -0.394 e. The van der Waals surface area contributed by atoms with E-state index in [4.69, 9.17) is 9.84 Å². The lowest BCUT2D eigenvalue weighted by atomic mass is 10.2. The van der Waals surface area contributed by atoms with Gasteiger partial charge in [0.1, 0.15) is 0 Å². The Morgan fingerprint density at radius 2 is 1.05 bits per heavy atom. The van der Waals surface area contributed by atoms with Crippen molar-refractivity contribution in [2.75, 3.05) is 19.8 Å². The first-order valence-electron chi connectivity index (χ1n) is 8.06. The Morgan fingerprint density at radius 3 is 1.11 bits per heavy atom. The maximum atomic E-state index is 8.07. The number of ether oxygens (including phenoxy) is 1. The zero-order valence-electron chi connectivity index (χ0n) is 15.3. The van der Waals surface area contributed by atoms with Crippen LogP contribution in [0, 0.1) is 11.8 Å². The van der Waals surface area contributed by atoms with Crippen LogP contribution in [0.5, 0.6) is 0 Å². The minimum absolute atomic E-state index is 0.133. The Morgan fingerprint density at radius 1 is 0.789 bits per heavy atom. The Balaban J connectivity index is -0.0000000811. The lowest BCUT2D eigenvalue weighted by molar-refractivity contribution is 0.102. The fraction of sp³-hybridized carbons (Fsp3) is 1.00. The number of rotatable bonds is 5. The number of aliphatic hydroxyl groups is 1. The zero-order valence-corrected chi connectivity index (χ0v) is 15.3. The smallest absolute Gasteiger partial charge is 0.0697 e. The molecule has 0 atom stereocenters. The van der Waals surface area contributed by atoms with E-state index in [0.717, 1.165) is 11.8 Å². The molecule has 0 heterocycles. The highest BCUT2D eigenvalue weighted by Gasteiger charge is 1.80. The highest BCUT2D eigenvalue weighted by atomic mass is 16.5. The van der Waals surface area contributed by atoms with Gasteiger partial charge in [0.25, 0.3) is 0 Å². The topological polar surface area (TPSA) is 29.5 Å². The lowest BCUT2D eigenvalue weighted by Gasteiger charge is -1.91. The standard InChI is InChI=1S/2C5H12.C4H10O2.C3H8/c2*1-4-5(2)3;1-2-6-4-3-5;1-3-2/h2*5H,4H2,1-3H3;5H,2-4H2,1H3;3H2,1-2H3. The average molecular weight is 279 g/mol. The van der Waals surface area contributed by atoms with Gasteiger partial charge in [-0.25, -0.2) is 0 Å². The second kappa shape index (κ2) is 30.7. The molecule has 0 aliphatic heterocycles. The Bertz CT molecular complexity index is 89.4. The van der Waals surface area contributed by atoms with Crippen LogP contribution in [-0.4, -0.2) is 24.9 Å². The van der Waals surface area contributed by atoms with E-state index in [2.05, 4.69) is 55.4 Å². The highest BCUT2D eigenvalue weighted by molar-refractivity contribution is 4.33.